The second kappa shape index (κ2) is 13.7. The van der Waals surface area contributed by atoms with Crippen LogP contribution in [0.1, 0.15) is 29.4 Å². The van der Waals surface area contributed by atoms with Crippen molar-refractivity contribution < 1.29 is 38.4 Å². The number of aromatic nitrogens is 1. The van der Waals surface area contributed by atoms with Gasteiger partial charge in [0.25, 0.3) is 5.91 Å². The molecule has 2 N–H and O–H groups in total. The average Bonchev–Trinajstić information content (AvgIpc) is 2.97. The van der Waals surface area contributed by atoms with E-state index in [1.807, 2.05) is 54.6 Å². The van der Waals surface area contributed by atoms with Crippen LogP contribution in [-0.2, 0) is 20.7 Å². The molecule has 212 valence electrons. The summed E-state index contributed by atoms with van der Waals surface area (Å²) in [7, 11) is 2.99. The van der Waals surface area contributed by atoms with Gasteiger partial charge in [-0.25, -0.2) is 9.78 Å². The van der Waals surface area contributed by atoms with Gasteiger partial charge in [0.15, 0.2) is 23.2 Å². The van der Waals surface area contributed by atoms with Crippen LogP contribution in [0.3, 0.4) is 0 Å². The van der Waals surface area contributed by atoms with Gasteiger partial charge < -0.3 is 34.1 Å². The third-order valence-corrected chi connectivity index (χ3v) is 6.73. The van der Waals surface area contributed by atoms with E-state index in [0.29, 0.717) is 25.2 Å². The molecule has 1 fully saturated rings. The van der Waals surface area contributed by atoms with Gasteiger partial charge in [-0.05, 0) is 49.6 Å². The molecule has 10 heteroatoms. The molecule has 40 heavy (non-hydrogen) atoms. The van der Waals surface area contributed by atoms with E-state index in [1.165, 1.54) is 19.4 Å². The zero-order valence-corrected chi connectivity index (χ0v) is 22.7. The number of nitrogens with zero attached hydrogens (tertiary/aromatic N) is 1. The number of cyclic esters (lactones) is 1. The fourth-order valence-corrected chi connectivity index (χ4v) is 4.61. The normalized spacial score (nSPS) is 21.5. The van der Waals surface area contributed by atoms with Gasteiger partial charge >= 0.3 is 5.97 Å². The number of methoxy groups -OCH3 is 2. The van der Waals surface area contributed by atoms with Gasteiger partial charge in [-0.2, -0.15) is 0 Å². The Labute approximate surface area is 233 Å². The van der Waals surface area contributed by atoms with E-state index in [0.717, 1.165) is 11.3 Å². The number of rotatable bonds is 8. The summed E-state index contributed by atoms with van der Waals surface area (Å²) in [6.45, 7) is 2.00. The van der Waals surface area contributed by atoms with Crippen LogP contribution < -0.4 is 19.5 Å². The molecule has 2 aromatic carbocycles. The first-order valence-corrected chi connectivity index (χ1v) is 13.0. The Balaban J connectivity index is 1.54. The second-order valence-electron chi connectivity index (χ2n) is 9.45. The van der Waals surface area contributed by atoms with Gasteiger partial charge in [-0.3, -0.25) is 4.79 Å². The summed E-state index contributed by atoms with van der Waals surface area (Å²) in [4.78, 5) is 30.1. The standard InChI is InChI=1S/C30H34N2O8/c1-19-28(40-23-7-5-4-6-8-23)21(17-20-9-11-22(36-2)12-10-20)14-16-38-18-24(30(35)39-19)32-29(34)26-27(33)25(37-3)13-15-31-26/h4-13,15,19,21,24,28,33H,14,16-18H2,1-3H3,(H,32,34)/t19-,21+,24-,28-/m0/s1. The Morgan fingerprint density at radius 3 is 2.50 bits per heavy atom. The number of nitrogens with one attached hydrogen (secondary N) is 1. The summed E-state index contributed by atoms with van der Waals surface area (Å²) in [6.07, 6.45) is 1.44. The van der Waals surface area contributed by atoms with E-state index in [1.54, 1.807) is 14.0 Å². The Bertz CT molecular complexity index is 1270. The maximum Gasteiger partial charge on any atom is 0.331 e. The van der Waals surface area contributed by atoms with Crippen LogP contribution in [0.15, 0.2) is 66.9 Å². The number of hydrogen-bond acceptors (Lipinski definition) is 9. The van der Waals surface area contributed by atoms with E-state index in [-0.39, 0.29) is 24.0 Å². The smallest absolute Gasteiger partial charge is 0.331 e. The third kappa shape index (κ3) is 7.20. The van der Waals surface area contributed by atoms with Crippen LogP contribution in [0.25, 0.3) is 0 Å². The number of pyridine rings is 1. The molecule has 1 aromatic heterocycles. The number of benzene rings is 2. The zero-order valence-electron chi connectivity index (χ0n) is 22.7. The molecule has 1 aliphatic heterocycles. The Morgan fingerprint density at radius 1 is 1.05 bits per heavy atom. The molecule has 0 spiro atoms. The topological polar surface area (TPSA) is 125 Å². The van der Waals surface area contributed by atoms with E-state index in [2.05, 4.69) is 10.3 Å². The molecule has 3 aromatic rings. The van der Waals surface area contributed by atoms with Gasteiger partial charge in [-0.15, -0.1) is 0 Å². The van der Waals surface area contributed by atoms with Gasteiger partial charge in [0, 0.05) is 24.8 Å². The fourth-order valence-electron chi connectivity index (χ4n) is 4.61. The first-order valence-electron chi connectivity index (χ1n) is 13.0. The molecule has 0 unspecified atom stereocenters. The highest BCUT2D eigenvalue weighted by Crippen LogP contribution is 2.29. The number of aromatic hydroxyl groups is 1. The quantitative estimate of drug-likeness (QED) is 0.405. The molecular formula is C30H34N2O8. The number of carbonyl (C=O) groups excluding carboxylic acids is 2. The molecule has 0 radical (unpaired) electrons. The summed E-state index contributed by atoms with van der Waals surface area (Å²) < 4.78 is 28.4. The molecular weight excluding hydrogens is 516 g/mol. The summed E-state index contributed by atoms with van der Waals surface area (Å²) in [5.41, 5.74) is 0.806. The predicted octanol–water partition coefficient (Wildman–Crippen LogP) is 3.56. The van der Waals surface area contributed by atoms with Gasteiger partial charge in [-0.1, -0.05) is 30.3 Å². The van der Waals surface area contributed by atoms with E-state index >= 15 is 0 Å². The first-order chi connectivity index (χ1) is 19.4. The largest absolute Gasteiger partial charge is 0.503 e. The maximum absolute atomic E-state index is 13.3. The summed E-state index contributed by atoms with van der Waals surface area (Å²) in [6, 6.07) is 17.5. The van der Waals surface area contributed by atoms with Gasteiger partial charge in [0.2, 0.25) is 0 Å². The number of para-hydroxylation sites is 1. The van der Waals surface area contributed by atoms with Crippen molar-refractivity contribution >= 4 is 11.9 Å². The predicted molar refractivity (Wildman–Crippen MR) is 146 cm³/mol. The van der Waals surface area contributed by atoms with Crippen LogP contribution in [0.4, 0.5) is 0 Å². The lowest BCUT2D eigenvalue weighted by Crippen LogP contribution is -2.49. The number of amides is 1. The molecule has 1 saturated heterocycles. The minimum Gasteiger partial charge on any atom is -0.503 e. The summed E-state index contributed by atoms with van der Waals surface area (Å²) in [5, 5.41) is 12.9. The van der Waals surface area contributed by atoms with Gasteiger partial charge in [0.1, 0.15) is 23.7 Å². The van der Waals surface area contributed by atoms with Crippen LogP contribution >= 0.6 is 0 Å². The highest BCUT2D eigenvalue weighted by atomic mass is 16.6. The van der Waals surface area contributed by atoms with E-state index in [4.69, 9.17) is 23.7 Å². The minimum absolute atomic E-state index is 0.0551. The number of hydrogen-bond donors (Lipinski definition) is 2. The Kier molecular flexibility index (Phi) is 9.80. The molecule has 2 heterocycles. The second-order valence-corrected chi connectivity index (χ2v) is 9.45. The zero-order chi connectivity index (χ0) is 28.5. The summed E-state index contributed by atoms with van der Waals surface area (Å²) in [5.74, 6) is -0.429. The fraction of sp³-hybridized carbons (Fsp3) is 0.367. The van der Waals surface area contributed by atoms with Crippen molar-refractivity contribution in [3.8, 4) is 23.0 Å². The summed E-state index contributed by atoms with van der Waals surface area (Å²) >= 11 is 0. The Morgan fingerprint density at radius 2 is 1.80 bits per heavy atom. The van der Waals surface area contributed by atoms with E-state index < -0.39 is 35.9 Å². The van der Waals surface area contributed by atoms with Crippen LogP contribution in [0.5, 0.6) is 23.0 Å². The average molecular weight is 551 g/mol. The van der Waals surface area contributed by atoms with Crippen molar-refractivity contribution in [2.45, 2.75) is 38.0 Å². The molecule has 1 aliphatic rings. The molecule has 0 aliphatic carbocycles. The highest BCUT2D eigenvalue weighted by molar-refractivity contribution is 5.98. The molecule has 10 nitrogen and oxygen atoms in total. The molecule has 1 amide bonds. The lowest BCUT2D eigenvalue weighted by Gasteiger charge is -2.34. The number of carbonyl (C=O) groups is 2. The van der Waals surface area contributed by atoms with Gasteiger partial charge in [0.05, 0.1) is 20.8 Å². The van der Waals surface area contributed by atoms with Crippen molar-refractivity contribution in [2.24, 2.45) is 5.92 Å². The number of ether oxygens (including phenoxy) is 5. The SMILES string of the molecule is COc1ccc(C[C@H]2CCOC[C@H](NC(=O)c3nccc(OC)c3O)C(=O)O[C@@H](C)[C@@H]2Oc2ccccc2)cc1. The van der Waals surface area contributed by atoms with Crippen molar-refractivity contribution in [1.29, 1.82) is 0 Å². The lowest BCUT2D eigenvalue weighted by molar-refractivity contribution is -0.160. The lowest BCUT2D eigenvalue weighted by atomic mass is 9.88. The van der Waals surface area contributed by atoms with E-state index in [9.17, 15) is 14.7 Å². The monoisotopic (exact) mass is 550 g/mol. The maximum atomic E-state index is 13.3. The molecule has 4 atom stereocenters. The van der Waals surface area contributed by atoms with Crippen molar-refractivity contribution in [1.82, 2.24) is 10.3 Å². The molecule has 4 rings (SSSR count). The molecule has 0 bridgehead atoms. The Hall–Kier alpha value is -4.31. The minimum atomic E-state index is -1.13. The van der Waals surface area contributed by atoms with Crippen LogP contribution in [-0.4, -0.2) is 67.7 Å². The van der Waals surface area contributed by atoms with Crippen molar-refractivity contribution in [3.63, 3.8) is 0 Å². The third-order valence-electron chi connectivity index (χ3n) is 6.73. The highest BCUT2D eigenvalue weighted by Gasteiger charge is 2.35. The molecule has 0 saturated carbocycles. The van der Waals surface area contributed by atoms with Crippen LogP contribution in [0, 0.1) is 5.92 Å². The van der Waals surface area contributed by atoms with Crippen molar-refractivity contribution in [2.75, 3.05) is 27.4 Å². The van der Waals surface area contributed by atoms with Crippen molar-refractivity contribution in [3.05, 3.63) is 78.1 Å². The number of esters is 1. The van der Waals surface area contributed by atoms with Crippen LogP contribution in [0.2, 0.25) is 0 Å². The first kappa shape index (κ1) is 28.7.